The molecule has 0 saturated carbocycles. The van der Waals surface area contributed by atoms with Crippen LogP contribution in [0.15, 0.2) is 49.3 Å². The molecule has 0 saturated heterocycles. The Morgan fingerprint density at radius 1 is 1.12 bits per heavy atom. The van der Waals surface area contributed by atoms with Crippen molar-refractivity contribution >= 4 is 0 Å². The Hall–Kier alpha value is -2.16. The number of hydrogen-bond acceptors (Lipinski definition) is 3. The van der Waals surface area contributed by atoms with Crippen LogP contribution in [0.3, 0.4) is 0 Å². The molecule has 0 bridgehead atoms. The van der Waals surface area contributed by atoms with Crippen molar-refractivity contribution in [3.63, 3.8) is 0 Å². The minimum absolute atomic E-state index is 0.243. The van der Waals surface area contributed by atoms with E-state index in [9.17, 15) is 0 Å². The molecule has 16 heavy (non-hydrogen) atoms. The van der Waals surface area contributed by atoms with Crippen LogP contribution in [-0.2, 0) is 6.42 Å². The largest absolute Gasteiger partial charge is 0.508 e. The quantitative estimate of drug-likeness (QED) is 0.795. The van der Waals surface area contributed by atoms with Crippen molar-refractivity contribution in [2.75, 3.05) is 0 Å². The van der Waals surface area contributed by atoms with Gasteiger partial charge < -0.3 is 5.11 Å². The third-order valence-corrected chi connectivity index (χ3v) is 2.21. The fraction of sp³-hybridized carbons (Fsp3) is 0.0769. The summed E-state index contributed by atoms with van der Waals surface area (Å²) in [6.07, 6.45) is 6.17. The van der Waals surface area contributed by atoms with Gasteiger partial charge in [0.2, 0.25) is 0 Å². The van der Waals surface area contributed by atoms with Crippen LogP contribution in [-0.4, -0.2) is 15.1 Å². The van der Waals surface area contributed by atoms with Crippen molar-refractivity contribution in [2.45, 2.75) is 6.42 Å². The third kappa shape index (κ3) is 2.25. The first-order valence-corrected chi connectivity index (χ1v) is 5.01. The molecule has 1 aromatic heterocycles. The fourth-order valence-electron chi connectivity index (χ4n) is 1.39. The first-order chi connectivity index (χ1) is 7.79. The normalized spacial score (nSPS) is 10.0. The molecule has 2 rings (SSSR count). The van der Waals surface area contributed by atoms with Gasteiger partial charge in [-0.2, -0.15) is 0 Å². The summed E-state index contributed by atoms with van der Waals surface area (Å²) in [5, 5.41) is 9.17. The zero-order chi connectivity index (χ0) is 11.4. The van der Waals surface area contributed by atoms with E-state index in [-0.39, 0.29) is 5.75 Å². The van der Waals surface area contributed by atoms with Crippen molar-refractivity contribution in [3.8, 4) is 17.1 Å². The summed E-state index contributed by atoms with van der Waals surface area (Å²) >= 11 is 0. The summed E-state index contributed by atoms with van der Waals surface area (Å²) in [4.78, 5) is 8.51. The van der Waals surface area contributed by atoms with Crippen LogP contribution in [0.1, 0.15) is 5.56 Å². The predicted molar refractivity (Wildman–Crippen MR) is 63.0 cm³/mol. The van der Waals surface area contributed by atoms with E-state index in [4.69, 9.17) is 5.11 Å². The van der Waals surface area contributed by atoms with Gasteiger partial charge in [0, 0.05) is 18.0 Å². The van der Waals surface area contributed by atoms with Crippen LogP contribution >= 0.6 is 0 Å². The van der Waals surface area contributed by atoms with Crippen molar-refractivity contribution in [2.24, 2.45) is 0 Å². The number of hydrogen-bond donors (Lipinski definition) is 1. The second-order valence-electron chi connectivity index (χ2n) is 3.45. The molecule has 0 atom stereocenters. The predicted octanol–water partition coefficient (Wildman–Crippen LogP) is 2.58. The van der Waals surface area contributed by atoms with Crippen LogP contribution in [0.2, 0.25) is 0 Å². The molecule has 0 radical (unpaired) electrons. The summed E-state index contributed by atoms with van der Waals surface area (Å²) < 4.78 is 0. The lowest BCUT2D eigenvalue weighted by Crippen LogP contribution is -1.91. The van der Waals surface area contributed by atoms with Crippen LogP contribution in [0.4, 0.5) is 0 Å². The Bertz CT molecular complexity index is 474. The molecule has 1 heterocycles. The van der Waals surface area contributed by atoms with E-state index in [0.29, 0.717) is 5.82 Å². The molecule has 1 aromatic carbocycles. The fourth-order valence-corrected chi connectivity index (χ4v) is 1.39. The highest BCUT2D eigenvalue weighted by molar-refractivity contribution is 5.55. The lowest BCUT2D eigenvalue weighted by atomic mass is 10.2. The summed E-state index contributed by atoms with van der Waals surface area (Å²) in [6, 6.07) is 6.82. The summed E-state index contributed by atoms with van der Waals surface area (Å²) in [5.74, 6) is 0.903. The molecular formula is C13H12N2O. The lowest BCUT2D eigenvalue weighted by Gasteiger charge is -2.01. The number of phenols is 1. The van der Waals surface area contributed by atoms with Crippen molar-refractivity contribution in [1.82, 2.24) is 9.97 Å². The molecule has 3 nitrogen and oxygen atoms in total. The SMILES string of the molecule is C=CCc1cnc(-c2ccc(O)cc2)nc1. The molecule has 0 amide bonds. The molecule has 0 aliphatic rings. The standard InChI is InChI=1S/C13H12N2O/c1-2-3-10-8-14-13(15-9-10)11-4-6-12(16)7-5-11/h2,4-9,16H,1,3H2. The maximum atomic E-state index is 9.17. The molecule has 0 fully saturated rings. The number of aromatic nitrogens is 2. The second kappa shape index (κ2) is 4.57. The molecule has 3 heteroatoms. The van der Waals surface area contributed by atoms with E-state index in [2.05, 4.69) is 16.5 Å². The number of phenolic OH excluding ortho intramolecular Hbond substituents is 1. The summed E-state index contributed by atoms with van der Waals surface area (Å²) in [5.41, 5.74) is 1.93. The molecule has 80 valence electrons. The van der Waals surface area contributed by atoms with E-state index in [1.165, 1.54) is 0 Å². The van der Waals surface area contributed by atoms with Crippen molar-refractivity contribution < 1.29 is 5.11 Å². The van der Waals surface area contributed by atoms with Crippen LogP contribution in [0.5, 0.6) is 5.75 Å². The Balaban J connectivity index is 2.27. The lowest BCUT2D eigenvalue weighted by molar-refractivity contribution is 0.475. The average Bonchev–Trinajstić information content (AvgIpc) is 2.32. The van der Waals surface area contributed by atoms with Crippen molar-refractivity contribution in [1.29, 1.82) is 0 Å². The van der Waals surface area contributed by atoms with E-state index < -0.39 is 0 Å². The minimum Gasteiger partial charge on any atom is -0.508 e. The molecule has 1 N–H and O–H groups in total. The van der Waals surface area contributed by atoms with Crippen molar-refractivity contribution in [3.05, 3.63) is 54.9 Å². The molecule has 2 aromatic rings. The number of allylic oxidation sites excluding steroid dienone is 1. The average molecular weight is 212 g/mol. The Kier molecular flexibility index (Phi) is 2.96. The van der Waals surface area contributed by atoms with Gasteiger partial charge in [-0.05, 0) is 36.2 Å². The van der Waals surface area contributed by atoms with Crippen LogP contribution in [0, 0.1) is 0 Å². The number of rotatable bonds is 3. The minimum atomic E-state index is 0.243. The van der Waals surface area contributed by atoms with Gasteiger partial charge >= 0.3 is 0 Å². The summed E-state index contributed by atoms with van der Waals surface area (Å²) in [7, 11) is 0. The van der Waals surface area contributed by atoms with Crippen LogP contribution < -0.4 is 0 Å². The third-order valence-electron chi connectivity index (χ3n) is 2.21. The number of benzene rings is 1. The van der Waals surface area contributed by atoms with E-state index in [1.807, 2.05) is 6.08 Å². The Labute approximate surface area is 94.1 Å². The Morgan fingerprint density at radius 3 is 2.31 bits per heavy atom. The second-order valence-corrected chi connectivity index (χ2v) is 3.45. The zero-order valence-electron chi connectivity index (χ0n) is 8.80. The summed E-state index contributed by atoms with van der Waals surface area (Å²) in [6.45, 7) is 3.66. The molecular weight excluding hydrogens is 200 g/mol. The van der Waals surface area contributed by atoms with Gasteiger partial charge in [-0.3, -0.25) is 0 Å². The van der Waals surface area contributed by atoms with E-state index in [1.54, 1.807) is 36.7 Å². The van der Waals surface area contributed by atoms with Gasteiger partial charge in [-0.25, -0.2) is 9.97 Å². The molecule has 0 aliphatic carbocycles. The maximum Gasteiger partial charge on any atom is 0.159 e. The van der Waals surface area contributed by atoms with E-state index in [0.717, 1.165) is 17.5 Å². The molecule has 0 aliphatic heterocycles. The van der Waals surface area contributed by atoms with Gasteiger partial charge in [0.25, 0.3) is 0 Å². The number of nitrogens with zero attached hydrogens (tertiary/aromatic N) is 2. The van der Waals surface area contributed by atoms with Gasteiger partial charge in [-0.15, -0.1) is 6.58 Å². The highest BCUT2D eigenvalue weighted by atomic mass is 16.3. The Morgan fingerprint density at radius 2 is 1.75 bits per heavy atom. The monoisotopic (exact) mass is 212 g/mol. The first-order valence-electron chi connectivity index (χ1n) is 5.01. The van der Waals surface area contributed by atoms with Gasteiger partial charge in [0.05, 0.1) is 0 Å². The van der Waals surface area contributed by atoms with Gasteiger partial charge in [0.1, 0.15) is 5.75 Å². The highest BCUT2D eigenvalue weighted by Crippen LogP contribution is 2.17. The molecule has 0 spiro atoms. The van der Waals surface area contributed by atoms with Gasteiger partial charge in [-0.1, -0.05) is 6.08 Å². The smallest absolute Gasteiger partial charge is 0.159 e. The molecule has 0 unspecified atom stereocenters. The number of aromatic hydroxyl groups is 1. The maximum absolute atomic E-state index is 9.17. The topological polar surface area (TPSA) is 46.0 Å². The first kappa shape index (κ1) is 10.4. The van der Waals surface area contributed by atoms with E-state index >= 15 is 0 Å². The zero-order valence-corrected chi connectivity index (χ0v) is 8.80. The van der Waals surface area contributed by atoms with Gasteiger partial charge in [0.15, 0.2) is 5.82 Å². The highest BCUT2D eigenvalue weighted by Gasteiger charge is 2.00. The van der Waals surface area contributed by atoms with Crippen LogP contribution in [0.25, 0.3) is 11.4 Å².